The number of hydrogen-bond acceptors (Lipinski definition) is 5. The number of esters is 2. The molecule has 170 valence electrons. The van der Waals surface area contributed by atoms with E-state index < -0.39 is 11.9 Å². The van der Waals surface area contributed by atoms with Gasteiger partial charge in [0.05, 0.1) is 24.0 Å². The third kappa shape index (κ3) is 7.92. The highest BCUT2D eigenvalue weighted by atomic mass is 16.5. The van der Waals surface area contributed by atoms with E-state index in [2.05, 4.69) is 6.58 Å². The van der Waals surface area contributed by atoms with E-state index in [0.717, 1.165) is 0 Å². The number of hydrogen-bond donors (Lipinski definition) is 0. The minimum absolute atomic E-state index is 0.163. The number of carbonyl (C=O) groups is 3. The molecule has 1 rings (SSSR count). The summed E-state index contributed by atoms with van der Waals surface area (Å²) in [4.78, 5) is 39.4. The molecule has 1 aromatic rings. The molecule has 0 unspecified atom stereocenters. The Morgan fingerprint density at radius 3 is 2.32 bits per heavy atom. The van der Waals surface area contributed by atoms with Gasteiger partial charge in [-0.3, -0.25) is 4.79 Å². The quantitative estimate of drug-likeness (QED) is 0.335. The molecule has 0 aliphatic carbocycles. The predicted molar refractivity (Wildman–Crippen MR) is 121 cm³/mol. The molecule has 0 radical (unpaired) electrons. The second kappa shape index (κ2) is 11.3. The highest BCUT2D eigenvalue weighted by molar-refractivity contribution is 6.16. The lowest BCUT2D eigenvalue weighted by molar-refractivity contribution is -0.140. The standard InChI is InChI=1S/C24H34N2O5/c1-9-11-12-21(27)26(16-24(5,6)7)15-18(22(28)31-17(3)4)19-13-14-20(25(19)8)23(29)30-10-2/h9,11-15,17H,1,10,16H2,2-8H3/b12-11+,18-15+. The molecule has 0 saturated carbocycles. The zero-order valence-electron chi connectivity index (χ0n) is 19.6. The first kappa shape index (κ1) is 25.9. The molecule has 0 atom stereocenters. The summed E-state index contributed by atoms with van der Waals surface area (Å²) in [5, 5.41) is 0. The fourth-order valence-corrected chi connectivity index (χ4v) is 2.79. The van der Waals surface area contributed by atoms with Crippen LogP contribution < -0.4 is 0 Å². The first-order chi connectivity index (χ1) is 14.4. The number of amides is 1. The average molecular weight is 431 g/mol. The highest BCUT2D eigenvalue weighted by Crippen LogP contribution is 2.23. The van der Waals surface area contributed by atoms with Crippen molar-refractivity contribution in [3.8, 4) is 0 Å². The lowest BCUT2D eigenvalue weighted by Crippen LogP contribution is -2.33. The summed E-state index contributed by atoms with van der Waals surface area (Å²) in [6.45, 7) is 15.4. The molecule has 1 aromatic heterocycles. The summed E-state index contributed by atoms with van der Waals surface area (Å²) < 4.78 is 12.1. The van der Waals surface area contributed by atoms with Crippen molar-refractivity contribution < 1.29 is 23.9 Å². The van der Waals surface area contributed by atoms with Crippen LogP contribution in [0.25, 0.3) is 5.57 Å². The molecule has 0 fully saturated rings. The molecular weight excluding hydrogens is 396 g/mol. The molecule has 0 aliphatic rings. The maximum Gasteiger partial charge on any atom is 0.354 e. The van der Waals surface area contributed by atoms with Crippen molar-refractivity contribution in [1.82, 2.24) is 9.47 Å². The molecule has 0 N–H and O–H groups in total. The van der Waals surface area contributed by atoms with Gasteiger partial charge >= 0.3 is 11.9 Å². The van der Waals surface area contributed by atoms with Gasteiger partial charge in [-0.05, 0) is 38.3 Å². The van der Waals surface area contributed by atoms with Crippen LogP contribution in [0.4, 0.5) is 0 Å². The highest BCUT2D eigenvalue weighted by Gasteiger charge is 2.25. The predicted octanol–water partition coefficient (Wildman–Crippen LogP) is 4.11. The van der Waals surface area contributed by atoms with Gasteiger partial charge in [0.15, 0.2) is 0 Å². The van der Waals surface area contributed by atoms with Crippen LogP contribution >= 0.6 is 0 Å². The zero-order valence-corrected chi connectivity index (χ0v) is 19.6. The van der Waals surface area contributed by atoms with Gasteiger partial charge in [-0.2, -0.15) is 0 Å². The van der Waals surface area contributed by atoms with Gasteiger partial charge in [-0.25, -0.2) is 9.59 Å². The molecule has 0 saturated heterocycles. The normalized spacial score (nSPS) is 12.2. The second-order valence-corrected chi connectivity index (χ2v) is 8.50. The fraction of sp³-hybridized carbons (Fsp3) is 0.458. The molecule has 31 heavy (non-hydrogen) atoms. The van der Waals surface area contributed by atoms with Crippen molar-refractivity contribution in [2.75, 3.05) is 13.2 Å². The zero-order chi connectivity index (χ0) is 23.8. The first-order valence-corrected chi connectivity index (χ1v) is 10.3. The minimum atomic E-state index is -0.592. The summed E-state index contributed by atoms with van der Waals surface area (Å²) in [6.07, 6.45) is 5.56. The van der Waals surface area contributed by atoms with E-state index in [9.17, 15) is 14.4 Å². The van der Waals surface area contributed by atoms with Crippen molar-refractivity contribution in [3.63, 3.8) is 0 Å². The molecule has 0 aliphatic heterocycles. The minimum Gasteiger partial charge on any atom is -0.461 e. The number of ether oxygens (including phenoxy) is 2. The van der Waals surface area contributed by atoms with Gasteiger partial charge in [-0.1, -0.05) is 39.5 Å². The van der Waals surface area contributed by atoms with Crippen LogP contribution in [-0.4, -0.2) is 46.6 Å². The van der Waals surface area contributed by atoms with Crippen LogP contribution in [0.5, 0.6) is 0 Å². The van der Waals surface area contributed by atoms with Gasteiger partial charge in [0.25, 0.3) is 5.91 Å². The van der Waals surface area contributed by atoms with Crippen molar-refractivity contribution >= 4 is 23.4 Å². The maximum absolute atomic E-state index is 13.0. The number of aromatic nitrogens is 1. The van der Waals surface area contributed by atoms with Crippen LogP contribution in [0.3, 0.4) is 0 Å². The van der Waals surface area contributed by atoms with Crippen LogP contribution in [-0.2, 0) is 26.1 Å². The van der Waals surface area contributed by atoms with E-state index in [1.807, 2.05) is 20.8 Å². The van der Waals surface area contributed by atoms with Crippen molar-refractivity contribution in [2.24, 2.45) is 12.5 Å². The lowest BCUT2D eigenvalue weighted by atomic mass is 9.96. The van der Waals surface area contributed by atoms with E-state index in [-0.39, 0.29) is 29.6 Å². The van der Waals surface area contributed by atoms with Crippen LogP contribution in [0.1, 0.15) is 57.7 Å². The number of allylic oxidation sites excluding steroid dienone is 2. The van der Waals surface area contributed by atoms with E-state index in [0.29, 0.717) is 17.9 Å². The lowest BCUT2D eigenvalue weighted by Gasteiger charge is -2.27. The van der Waals surface area contributed by atoms with Crippen molar-refractivity contribution in [2.45, 2.75) is 47.6 Å². The fourth-order valence-electron chi connectivity index (χ4n) is 2.79. The Morgan fingerprint density at radius 2 is 1.81 bits per heavy atom. The van der Waals surface area contributed by atoms with Crippen LogP contribution in [0.15, 0.2) is 43.1 Å². The third-order valence-electron chi connectivity index (χ3n) is 4.03. The molecule has 0 aromatic carbocycles. The monoisotopic (exact) mass is 430 g/mol. The number of carbonyl (C=O) groups excluding carboxylic acids is 3. The van der Waals surface area contributed by atoms with E-state index in [4.69, 9.17) is 9.47 Å². The second-order valence-electron chi connectivity index (χ2n) is 8.50. The molecular formula is C24H34N2O5. The van der Waals surface area contributed by atoms with E-state index in [1.54, 1.807) is 50.6 Å². The Morgan fingerprint density at radius 1 is 1.19 bits per heavy atom. The van der Waals surface area contributed by atoms with E-state index >= 15 is 0 Å². The van der Waals surface area contributed by atoms with E-state index in [1.165, 1.54) is 23.3 Å². The summed E-state index contributed by atoms with van der Waals surface area (Å²) in [7, 11) is 1.66. The Hall–Kier alpha value is -3.09. The summed E-state index contributed by atoms with van der Waals surface area (Å²) in [6, 6.07) is 3.22. The van der Waals surface area contributed by atoms with Gasteiger partial charge in [0, 0.05) is 25.9 Å². The molecule has 1 heterocycles. The number of nitrogens with zero attached hydrogens (tertiary/aromatic N) is 2. The third-order valence-corrected chi connectivity index (χ3v) is 4.03. The topological polar surface area (TPSA) is 77.8 Å². The van der Waals surface area contributed by atoms with Crippen LogP contribution in [0.2, 0.25) is 0 Å². The molecule has 7 nitrogen and oxygen atoms in total. The van der Waals surface area contributed by atoms with Gasteiger partial charge in [0.1, 0.15) is 5.69 Å². The van der Waals surface area contributed by atoms with Crippen LogP contribution in [0, 0.1) is 5.41 Å². The number of rotatable bonds is 9. The Kier molecular flexibility index (Phi) is 9.49. The SMILES string of the molecule is C=C/C=C/C(=O)N(/C=C(/C(=O)OC(C)C)c1ccc(C(=O)OCC)n1C)CC(C)(C)C. The molecule has 0 bridgehead atoms. The average Bonchev–Trinajstić information content (AvgIpc) is 3.02. The molecule has 7 heteroatoms. The summed E-state index contributed by atoms with van der Waals surface area (Å²) in [5.74, 6) is -1.39. The summed E-state index contributed by atoms with van der Waals surface area (Å²) in [5.41, 5.74) is 0.663. The van der Waals surface area contributed by atoms with Gasteiger partial charge < -0.3 is 18.9 Å². The van der Waals surface area contributed by atoms with Gasteiger partial charge in [-0.15, -0.1) is 0 Å². The maximum atomic E-state index is 13.0. The molecule has 0 spiro atoms. The smallest absolute Gasteiger partial charge is 0.354 e. The van der Waals surface area contributed by atoms with Crippen molar-refractivity contribution in [1.29, 1.82) is 0 Å². The Balaban J connectivity index is 3.58. The Labute approximate surface area is 185 Å². The largest absolute Gasteiger partial charge is 0.461 e. The Bertz CT molecular complexity index is 869. The summed E-state index contributed by atoms with van der Waals surface area (Å²) >= 11 is 0. The van der Waals surface area contributed by atoms with Gasteiger partial charge in [0.2, 0.25) is 0 Å². The molecule has 1 amide bonds. The first-order valence-electron chi connectivity index (χ1n) is 10.3. The van der Waals surface area contributed by atoms with Crippen molar-refractivity contribution in [3.05, 3.63) is 54.5 Å².